The number of carbonyl (C=O) groups is 1. The molecular weight excluding hydrogens is 535 g/mol. The van der Waals surface area contributed by atoms with E-state index in [4.69, 9.17) is 27.9 Å². The SMILES string of the molecule is CC(C)(O)c1ccc2c(c1)C(=O)N(Cc1ccc(Cl)cn1)[C@@]2(OC1CCS(=O)(=O)C1)c1ccc(Cl)cc1. The number of carbonyl (C=O) groups excluding carboxylic acids is 1. The van der Waals surface area contributed by atoms with E-state index >= 15 is 0 Å². The molecule has 2 aliphatic heterocycles. The van der Waals surface area contributed by atoms with Crippen LogP contribution in [0.15, 0.2) is 60.8 Å². The van der Waals surface area contributed by atoms with Crippen LogP contribution < -0.4 is 0 Å². The molecule has 1 N–H and O–H groups in total. The fourth-order valence-corrected chi connectivity index (χ4v) is 6.78. The van der Waals surface area contributed by atoms with Crippen LogP contribution in [0.4, 0.5) is 0 Å². The minimum Gasteiger partial charge on any atom is -0.386 e. The third kappa shape index (κ3) is 4.89. The van der Waals surface area contributed by atoms with Crippen LogP contribution in [0.5, 0.6) is 0 Å². The van der Waals surface area contributed by atoms with E-state index in [1.54, 1.807) is 73.3 Å². The van der Waals surface area contributed by atoms with Crippen molar-refractivity contribution in [2.24, 2.45) is 0 Å². The fraction of sp³-hybridized carbons (Fsp3) is 0.333. The summed E-state index contributed by atoms with van der Waals surface area (Å²) in [5.41, 5.74) is 0.0765. The number of aromatic nitrogens is 1. The molecule has 37 heavy (non-hydrogen) atoms. The molecule has 0 bridgehead atoms. The van der Waals surface area contributed by atoms with E-state index in [-0.39, 0.29) is 24.0 Å². The Morgan fingerprint density at radius 2 is 1.81 bits per heavy atom. The molecule has 194 valence electrons. The molecule has 0 saturated carbocycles. The van der Waals surface area contributed by atoms with Gasteiger partial charge in [-0.1, -0.05) is 47.5 Å². The number of hydrogen-bond acceptors (Lipinski definition) is 6. The Morgan fingerprint density at radius 3 is 2.41 bits per heavy atom. The molecule has 2 aromatic carbocycles. The van der Waals surface area contributed by atoms with Crippen molar-refractivity contribution in [3.8, 4) is 0 Å². The number of nitrogens with zero attached hydrogens (tertiary/aromatic N) is 2. The zero-order valence-corrected chi connectivity index (χ0v) is 22.6. The smallest absolute Gasteiger partial charge is 0.257 e. The Labute approximate surface area is 225 Å². The molecule has 0 spiro atoms. The maximum atomic E-state index is 14.1. The monoisotopic (exact) mass is 560 g/mol. The largest absolute Gasteiger partial charge is 0.386 e. The minimum absolute atomic E-state index is 0.0194. The van der Waals surface area contributed by atoms with E-state index in [0.717, 1.165) is 0 Å². The van der Waals surface area contributed by atoms with Crippen molar-refractivity contribution in [1.29, 1.82) is 0 Å². The number of amides is 1. The molecule has 2 atom stereocenters. The molecule has 1 fully saturated rings. The van der Waals surface area contributed by atoms with Gasteiger partial charge in [0, 0.05) is 27.9 Å². The predicted octanol–water partition coefficient (Wildman–Crippen LogP) is 4.68. The van der Waals surface area contributed by atoms with E-state index in [2.05, 4.69) is 4.98 Å². The summed E-state index contributed by atoms with van der Waals surface area (Å²) in [6, 6.07) is 15.6. The molecule has 0 aliphatic carbocycles. The first-order valence-electron chi connectivity index (χ1n) is 11.8. The van der Waals surface area contributed by atoms with Crippen molar-refractivity contribution in [2.45, 2.75) is 44.2 Å². The van der Waals surface area contributed by atoms with Crippen molar-refractivity contribution in [3.63, 3.8) is 0 Å². The summed E-state index contributed by atoms with van der Waals surface area (Å²) >= 11 is 12.2. The Kier molecular flexibility index (Phi) is 6.61. The van der Waals surface area contributed by atoms with Crippen molar-refractivity contribution in [2.75, 3.05) is 11.5 Å². The quantitative estimate of drug-likeness (QED) is 0.470. The highest BCUT2D eigenvalue weighted by atomic mass is 35.5. The van der Waals surface area contributed by atoms with Gasteiger partial charge in [0.15, 0.2) is 15.6 Å². The molecule has 7 nitrogen and oxygen atoms in total. The molecule has 1 unspecified atom stereocenters. The van der Waals surface area contributed by atoms with Crippen LogP contribution in [0.1, 0.15) is 53.0 Å². The summed E-state index contributed by atoms with van der Waals surface area (Å²) in [5.74, 6) is -0.444. The van der Waals surface area contributed by atoms with Gasteiger partial charge in [-0.05, 0) is 56.2 Å². The molecule has 0 radical (unpaired) electrons. The Balaban J connectivity index is 1.73. The number of ether oxygens (including phenoxy) is 1. The maximum absolute atomic E-state index is 14.1. The highest BCUT2D eigenvalue weighted by molar-refractivity contribution is 7.91. The first kappa shape index (κ1) is 26.1. The van der Waals surface area contributed by atoms with Crippen LogP contribution in [0.25, 0.3) is 0 Å². The van der Waals surface area contributed by atoms with Gasteiger partial charge in [-0.15, -0.1) is 0 Å². The van der Waals surface area contributed by atoms with E-state index in [1.165, 1.54) is 6.20 Å². The van der Waals surface area contributed by atoms with Gasteiger partial charge in [-0.2, -0.15) is 0 Å². The van der Waals surface area contributed by atoms with Crippen LogP contribution in [-0.4, -0.2) is 46.9 Å². The molecule has 10 heteroatoms. The lowest BCUT2D eigenvalue weighted by atomic mass is 9.89. The molecule has 3 heterocycles. The lowest BCUT2D eigenvalue weighted by Crippen LogP contribution is -2.48. The third-order valence-electron chi connectivity index (χ3n) is 6.82. The highest BCUT2D eigenvalue weighted by Gasteiger charge is 2.54. The lowest BCUT2D eigenvalue weighted by Gasteiger charge is -2.41. The Hall–Kier alpha value is -2.49. The van der Waals surface area contributed by atoms with Gasteiger partial charge < -0.3 is 9.84 Å². The Bertz CT molecular complexity index is 1450. The highest BCUT2D eigenvalue weighted by Crippen LogP contribution is 2.48. The number of benzene rings is 2. The number of fused-ring (bicyclic) bond motifs is 1. The number of halogens is 2. The van der Waals surface area contributed by atoms with Crippen LogP contribution in [0, 0.1) is 0 Å². The van der Waals surface area contributed by atoms with E-state index < -0.39 is 27.3 Å². The zero-order valence-electron chi connectivity index (χ0n) is 20.3. The molecule has 1 aromatic heterocycles. The lowest BCUT2D eigenvalue weighted by molar-refractivity contribution is -0.140. The molecule has 1 saturated heterocycles. The summed E-state index contributed by atoms with van der Waals surface area (Å²) < 4.78 is 31.4. The second kappa shape index (κ2) is 9.36. The first-order valence-corrected chi connectivity index (χ1v) is 14.4. The van der Waals surface area contributed by atoms with Gasteiger partial charge >= 0.3 is 0 Å². The van der Waals surface area contributed by atoms with E-state index in [9.17, 15) is 18.3 Å². The van der Waals surface area contributed by atoms with Crippen LogP contribution in [-0.2, 0) is 32.4 Å². The van der Waals surface area contributed by atoms with Crippen LogP contribution >= 0.6 is 23.2 Å². The number of sulfone groups is 1. The van der Waals surface area contributed by atoms with Gasteiger partial charge in [-0.25, -0.2) is 8.42 Å². The van der Waals surface area contributed by atoms with E-state index in [1.807, 2.05) is 0 Å². The summed E-state index contributed by atoms with van der Waals surface area (Å²) in [6.07, 6.45) is 1.19. The number of hydrogen-bond donors (Lipinski definition) is 1. The molecule has 2 aliphatic rings. The summed E-state index contributed by atoms with van der Waals surface area (Å²) in [5, 5.41) is 11.6. The molecule has 3 aromatic rings. The van der Waals surface area contributed by atoms with E-state index in [0.29, 0.717) is 44.4 Å². The molecular formula is C27H26Cl2N2O5S. The van der Waals surface area contributed by atoms with Gasteiger partial charge in [0.2, 0.25) is 0 Å². The topological polar surface area (TPSA) is 96.8 Å². The molecule has 5 rings (SSSR count). The average Bonchev–Trinajstić information content (AvgIpc) is 3.29. The number of aliphatic hydroxyl groups is 1. The zero-order chi connectivity index (χ0) is 26.6. The average molecular weight is 561 g/mol. The maximum Gasteiger partial charge on any atom is 0.257 e. The summed E-state index contributed by atoms with van der Waals surface area (Å²) in [7, 11) is -3.26. The fourth-order valence-electron chi connectivity index (χ4n) is 4.95. The number of rotatable bonds is 6. The van der Waals surface area contributed by atoms with Crippen LogP contribution in [0.3, 0.4) is 0 Å². The summed E-state index contributed by atoms with van der Waals surface area (Å²) in [4.78, 5) is 20.0. The van der Waals surface area contributed by atoms with Gasteiger partial charge in [-0.3, -0.25) is 14.7 Å². The second-order valence-corrected chi connectivity index (χ2v) is 13.1. The van der Waals surface area contributed by atoms with Crippen molar-refractivity contribution in [1.82, 2.24) is 9.88 Å². The predicted molar refractivity (Wildman–Crippen MR) is 141 cm³/mol. The van der Waals surface area contributed by atoms with Crippen LogP contribution in [0.2, 0.25) is 10.0 Å². The van der Waals surface area contributed by atoms with Gasteiger partial charge in [0.05, 0.1) is 40.5 Å². The Morgan fingerprint density at radius 1 is 1.11 bits per heavy atom. The first-order chi connectivity index (χ1) is 17.4. The minimum atomic E-state index is -3.26. The van der Waals surface area contributed by atoms with Crippen molar-refractivity contribution in [3.05, 3.63) is 98.8 Å². The van der Waals surface area contributed by atoms with Gasteiger partial charge in [0.1, 0.15) is 0 Å². The normalized spacial score (nSPS) is 22.9. The third-order valence-corrected chi connectivity index (χ3v) is 9.03. The standard InChI is InChI=1S/C27H26Cl2N2O5S/c1-26(2,33)18-5-10-24-23(13-18)25(32)31(15-21-9-8-20(29)14-30-21)27(24,17-3-6-19(28)7-4-17)36-22-11-12-37(34,35)16-22/h3-10,13-14,22,33H,11-12,15-16H2,1-2H3/t22?,27-/m1/s1. The second-order valence-electron chi connectivity index (χ2n) is 9.97. The van der Waals surface area contributed by atoms with Crippen molar-refractivity contribution < 1.29 is 23.1 Å². The molecule has 1 amide bonds. The van der Waals surface area contributed by atoms with Crippen molar-refractivity contribution >= 4 is 38.9 Å². The van der Waals surface area contributed by atoms with Gasteiger partial charge in [0.25, 0.3) is 5.91 Å². The summed E-state index contributed by atoms with van der Waals surface area (Å²) in [6.45, 7) is 3.37. The number of pyridine rings is 1.